The Hall–Kier alpha value is -1.42. The SMILES string of the molecule is Cc1cc(F)ccc1NCc1ccc(Br)cc1F. The van der Waals surface area contributed by atoms with Gasteiger partial charge in [-0.25, -0.2) is 8.78 Å². The van der Waals surface area contributed by atoms with Crippen molar-refractivity contribution in [3.8, 4) is 0 Å². The third-order valence-corrected chi connectivity index (χ3v) is 3.17. The van der Waals surface area contributed by atoms with E-state index in [2.05, 4.69) is 21.2 Å². The lowest BCUT2D eigenvalue weighted by Gasteiger charge is -2.10. The van der Waals surface area contributed by atoms with Gasteiger partial charge in [-0.1, -0.05) is 22.0 Å². The van der Waals surface area contributed by atoms with Crippen molar-refractivity contribution in [1.29, 1.82) is 0 Å². The summed E-state index contributed by atoms with van der Waals surface area (Å²) in [5.74, 6) is -0.537. The van der Waals surface area contributed by atoms with Crippen LogP contribution in [0.15, 0.2) is 40.9 Å². The predicted molar refractivity (Wildman–Crippen MR) is 72.6 cm³/mol. The summed E-state index contributed by atoms with van der Waals surface area (Å²) in [6.45, 7) is 2.18. The van der Waals surface area contributed by atoms with Gasteiger partial charge in [-0.05, 0) is 42.8 Å². The van der Waals surface area contributed by atoms with Crippen LogP contribution < -0.4 is 5.32 Å². The molecule has 94 valence electrons. The highest BCUT2D eigenvalue weighted by Gasteiger charge is 2.04. The monoisotopic (exact) mass is 311 g/mol. The smallest absolute Gasteiger partial charge is 0.129 e. The summed E-state index contributed by atoms with van der Waals surface area (Å²) in [6.07, 6.45) is 0. The Bertz CT molecular complexity index is 518. The lowest BCUT2D eigenvalue weighted by atomic mass is 10.1. The zero-order valence-corrected chi connectivity index (χ0v) is 11.4. The highest BCUT2D eigenvalue weighted by Crippen LogP contribution is 2.19. The third kappa shape index (κ3) is 3.07. The number of rotatable bonds is 3. The molecule has 4 heteroatoms. The molecule has 0 aliphatic rings. The number of benzene rings is 2. The molecule has 0 radical (unpaired) electrons. The van der Waals surface area contributed by atoms with Crippen LogP contribution in [0.25, 0.3) is 0 Å². The molecular formula is C14H12BrF2N. The molecule has 1 N–H and O–H groups in total. The topological polar surface area (TPSA) is 12.0 Å². The summed E-state index contributed by atoms with van der Waals surface area (Å²) in [5, 5.41) is 3.09. The number of halogens is 3. The van der Waals surface area contributed by atoms with Crippen LogP contribution in [-0.2, 0) is 6.54 Å². The fraction of sp³-hybridized carbons (Fsp3) is 0.143. The molecule has 0 fully saturated rings. The second kappa shape index (κ2) is 5.48. The van der Waals surface area contributed by atoms with Gasteiger partial charge < -0.3 is 5.32 Å². The molecule has 2 aromatic carbocycles. The maximum Gasteiger partial charge on any atom is 0.129 e. The maximum absolute atomic E-state index is 13.6. The van der Waals surface area contributed by atoms with Gasteiger partial charge in [0.1, 0.15) is 11.6 Å². The first kappa shape index (κ1) is 13.0. The van der Waals surface area contributed by atoms with E-state index in [1.54, 1.807) is 18.2 Å². The molecule has 0 heterocycles. The van der Waals surface area contributed by atoms with E-state index in [1.165, 1.54) is 18.2 Å². The zero-order valence-electron chi connectivity index (χ0n) is 9.81. The molecule has 2 aromatic rings. The van der Waals surface area contributed by atoms with E-state index in [1.807, 2.05) is 6.92 Å². The van der Waals surface area contributed by atoms with Crippen molar-refractivity contribution in [2.75, 3.05) is 5.32 Å². The highest BCUT2D eigenvalue weighted by molar-refractivity contribution is 9.10. The van der Waals surface area contributed by atoms with Crippen LogP contribution in [0.5, 0.6) is 0 Å². The van der Waals surface area contributed by atoms with Crippen LogP contribution in [0.4, 0.5) is 14.5 Å². The van der Waals surface area contributed by atoms with Gasteiger partial charge >= 0.3 is 0 Å². The molecule has 0 saturated carbocycles. The summed E-state index contributed by atoms with van der Waals surface area (Å²) in [7, 11) is 0. The quantitative estimate of drug-likeness (QED) is 0.870. The first-order valence-corrected chi connectivity index (χ1v) is 6.29. The van der Waals surface area contributed by atoms with E-state index in [9.17, 15) is 8.78 Å². The van der Waals surface area contributed by atoms with Gasteiger partial charge in [-0.15, -0.1) is 0 Å². The van der Waals surface area contributed by atoms with Crippen molar-refractivity contribution < 1.29 is 8.78 Å². The minimum Gasteiger partial charge on any atom is -0.381 e. The van der Waals surface area contributed by atoms with E-state index >= 15 is 0 Å². The Kier molecular flexibility index (Phi) is 3.97. The summed E-state index contributed by atoms with van der Waals surface area (Å²) in [6, 6.07) is 9.41. The van der Waals surface area contributed by atoms with Gasteiger partial charge in [0.2, 0.25) is 0 Å². The normalized spacial score (nSPS) is 10.4. The molecule has 0 aromatic heterocycles. The zero-order chi connectivity index (χ0) is 13.1. The fourth-order valence-electron chi connectivity index (χ4n) is 1.68. The van der Waals surface area contributed by atoms with Gasteiger partial charge in [0, 0.05) is 22.3 Å². The molecule has 0 bridgehead atoms. The molecule has 0 atom stereocenters. The molecule has 0 saturated heterocycles. The van der Waals surface area contributed by atoms with Crippen LogP contribution in [0.2, 0.25) is 0 Å². The summed E-state index contributed by atoms with van der Waals surface area (Å²) in [4.78, 5) is 0. The largest absolute Gasteiger partial charge is 0.381 e. The van der Waals surface area contributed by atoms with Crippen LogP contribution in [0.1, 0.15) is 11.1 Å². The van der Waals surface area contributed by atoms with E-state index in [4.69, 9.17) is 0 Å². The highest BCUT2D eigenvalue weighted by atomic mass is 79.9. The molecule has 0 spiro atoms. The van der Waals surface area contributed by atoms with E-state index in [0.717, 1.165) is 11.3 Å². The van der Waals surface area contributed by atoms with Crippen molar-refractivity contribution in [2.45, 2.75) is 13.5 Å². The molecule has 0 aliphatic heterocycles. The lowest BCUT2D eigenvalue weighted by molar-refractivity contribution is 0.612. The predicted octanol–water partition coefficient (Wildman–Crippen LogP) is 4.65. The molecular weight excluding hydrogens is 300 g/mol. The van der Waals surface area contributed by atoms with Crippen molar-refractivity contribution in [2.24, 2.45) is 0 Å². The standard InChI is InChI=1S/C14H12BrF2N/c1-9-6-12(16)4-5-14(9)18-8-10-2-3-11(15)7-13(10)17/h2-7,18H,8H2,1H3. The van der Waals surface area contributed by atoms with Gasteiger partial charge in [-0.2, -0.15) is 0 Å². The minimum absolute atomic E-state index is 0.267. The van der Waals surface area contributed by atoms with Crippen LogP contribution >= 0.6 is 15.9 Å². The number of hydrogen-bond acceptors (Lipinski definition) is 1. The number of nitrogens with one attached hydrogen (secondary N) is 1. The van der Waals surface area contributed by atoms with E-state index < -0.39 is 0 Å². The van der Waals surface area contributed by atoms with Crippen LogP contribution in [0.3, 0.4) is 0 Å². The first-order valence-electron chi connectivity index (χ1n) is 5.50. The number of hydrogen-bond donors (Lipinski definition) is 1. The summed E-state index contributed by atoms with van der Waals surface area (Å²) < 4.78 is 27.2. The van der Waals surface area contributed by atoms with E-state index in [-0.39, 0.29) is 11.6 Å². The van der Waals surface area contributed by atoms with Gasteiger partial charge in [0.25, 0.3) is 0 Å². The Balaban J connectivity index is 2.11. The van der Waals surface area contributed by atoms with Gasteiger partial charge in [-0.3, -0.25) is 0 Å². The van der Waals surface area contributed by atoms with E-state index in [0.29, 0.717) is 16.6 Å². The Morgan fingerprint density at radius 2 is 1.89 bits per heavy atom. The second-order valence-electron chi connectivity index (χ2n) is 4.05. The second-order valence-corrected chi connectivity index (χ2v) is 4.96. The lowest BCUT2D eigenvalue weighted by Crippen LogP contribution is -2.03. The Labute approximate surface area is 113 Å². The Morgan fingerprint density at radius 3 is 2.56 bits per heavy atom. The number of aryl methyl sites for hydroxylation is 1. The van der Waals surface area contributed by atoms with Crippen molar-refractivity contribution in [3.63, 3.8) is 0 Å². The third-order valence-electron chi connectivity index (χ3n) is 2.67. The van der Waals surface area contributed by atoms with Crippen molar-refractivity contribution >= 4 is 21.6 Å². The summed E-state index contributed by atoms with van der Waals surface area (Å²) >= 11 is 3.21. The number of anilines is 1. The van der Waals surface area contributed by atoms with Crippen LogP contribution in [-0.4, -0.2) is 0 Å². The molecule has 1 nitrogen and oxygen atoms in total. The molecule has 0 unspecified atom stereocenters. The fourth-order valence-corrected chi connectivity index (χ4v) is 2.01. The van der Waals surface area contributed by atoms with Crippen LogP contribution in [0, 0.1) is 18.6 Å². The van der Waals surface area contributed by atoms with Crippen molar-refractivity contribution in [3.05, 3.63) is 63.6 Å². The van der Waals surface area contributed by atoms with Gasteiger partial charge in [0.15, 0.2) is 0 Å². The Morgan fingerprint density at radius 1 is 1.11 bits per heavy atom. The summed E-state index contributed by atoms with van der Waals surface area (Å²) in [5.41, 5.74) is 2.17. The molecule has 0 amide bonds. The van der Waals surface area contributed by atoms with Gasteiger partial charge in [0.05, 0.1) is 0 Å². The first-order chi connectivity index (χ1) is 8.56. The molecule has 2 rings (SSSR count). The average molecular weight is 312 g/mol. The average Bonchev–Trinajstić information content (AvgIpc) is 2.30. The van der Waals surface area contributed by atoms with Crippen molar-refractivity contribution in [1.82, 2.24) is 0 Å². The molecule has 18 heavy (non-hydrogen) atoms. The maximum atomic E-state index is 13.6. The minimum atomic E-state index is -0.270. The molecule has 0 aliphatic carbocycles.